The maximum Gasteiger partial charge on any atom is 0.239 e. The average Bonchev–Trinajstić information content (AvgIpc) is 2.83. The number of anilines is 2. The molecule has 108 valence electrons. The number of hydrogen-bond acceptors (Lipinski definition) is 6. The van der Waals surface area contributed by atoms with Gasteiger partial charge in [-0.1, -0.05) is 30.3 Å². The lowest BCUT2D eigenvalue weighted by molar-refractivity contribution is -0.115. The van der Waals surface area contributed by atoms with Crippen molar-refractivity contribution in [2.45, 2.75) is 6.42 Å². The van der Waals surface area contributed by atoms with Gasteiger partial charge in [0.25, 0.3) is 0 Å². The van der Waals surface area contributed by atoms with Crippen LogP contribution in [0.25, 0.3) is 0 Å². The fourth-order valence-corrected chi connectivity index (χ4v) is 2.82. The van der Waals surface area contributed by atoms with Crippen LogP contribution in [0.4, 0.5) is 10.7 Å². The highest BCUT2D eigenvalue weighted by Gasteiger charge is 2.22. The van der Waals surface area contributed by atoms with Gasteiger partial charge < -0.3 is 11.1 Å². The summed E-state index contributed by atoms with van der Waals surface area (Å²) in [4.78, 5) is 24.1. The molecule has 22 heavy (non-hydrogen) atoms. The lowest BCUT2D eigenvalue weighted by Crippen LogP contribution is -2.09. The van der Waals surface area contributed by atoms with Crippen molar-refractivity contribution in [1.82, 2.24) is 0 Å². The average molecular weight is 310 g/mol. The standard InChI is InChI=1S/C15H10N4O2S/c16-7-6-11(20)19-15-10(8-17)12(18)14(22-15)13(21)9-4-2-1-3-5-9/h1-5H,6,18H2,(H,19,20). The Balaban J connectivity index is 2.41. The third-order valence-corrected chi connectivity index (χ3v) is 3.91. The van der Waals surface area contributed by atoms with E-state index in [0.717, 1.165) is 11.3 Å². The topological polar surface area (TPSA) is 120 Å². The maximum atomic E-state index is 12.4. The Morgan fingerprint density at radius 1 is 1.23 bits per heavy atom. The molecule has 0 aliphatic heterocycles. The molecule has 6 nitrogen and oxygen atoms in total. The molecule has 0 saturated carbocycles. The molecule has 0 unspecified atom stereocenters. The lowest BCUT2D eigenvalue weighted by atomic mass is 10.1. The molecule has 3 N–H and O–H groups in total. The van der Waals surface area contributed by atoms with Crippen LogP contribution in [0.2, 0.25) is 0 Å². The summed E-state index contributed by atoms with van der Waals surface area (Å²) in [5.41, 5.74) is 6.37. The van der Waals surface area contributed by atoms with Crippen LogP contribution in [0, 0.1) is 22.7 Å². The van der Waals surface area contributed by atoms with Crippen LogP contribution < -0.4 is 11.1 Å². The van der Waals surface area contributed by atoms with Gasteiger partial charge in [-0.15, -0.1) is 11.3 Å². The smallest absolute Gasteiger partial charge is 0.239 e. The summed E-state index contributed by atoms with van der Waals surface area (Å²) in [6, 6.07) is 12.1. The number of nitrogens with one attached hydrogen (secondary N) is 1. The Hall–Kier alpha value is -3.16. The minimum atomic E-state index is -0.557. The Morgan fingerprint density at radius 3 is 2.50 bits per heavy atom. The third kappa shape index (κ3) is 2.95. The number of nitrogens with zero attached hydrogens (tertiary/aromatic N) is 2. The van der Waals surface area contributed by atoms with Crippen LogP contribution in [-0.4, -0.2) is 11.7 Å². The summed E-state index contributed by atoms with van der Waals surface area (Å²) >= 11 is 0.929. The van der Waals surface area contributed by atoms with Crippen LogP contribution in [0.3, 0.4) is 0 Å². The molecule has 0 saturated heterocycles. The van der Waals surface area contributed by atoms with E-state index in [-0.39, 0.29) is 33.3 Å². The molecule has 1 aromatic heterocycles. The molecule has 1 heterocycles. The first-order valence-corrected chi connectivity index (χ1v) is 6.99. The van der Waals surface area contributed by atoms with Crippen LogP contribution in [-0.2, 0) is 4.79 Å². The summed E-state index contributed by atoms with van der Waals surface area (Å²) in [7, 11) is 0. The number of carbonyl (C=O) groups is 2. The summed E-state index contributed by atoms with van der Waals surface area (Å²) in [5, 5.41) is 20.3. The van der Waals surface area contributed by atoms with Gasteiger partial charge in [-0.3, -0.25) is 9.59 Å². The van der Waals surface area contributed by atoms with Crippen molar-refractivity contribution in [3.63, 3.8) is 0 Å². The van der Waals surface area contributed by atoms with E-state index in [9.17, 15) is 9.59 Å². The molecular weight excluding hydrogens is 300 g/mol. The van der Waals surface area contributed by atoms with E-state index < -0.39 is 5.91 Å². The Bertz CT molecular complexity index is 813. The van der Waals surface area contributed by atoms with Gasteiger partial charge in [0.2, 0.25) is 11.7 Å². The van der Waals surface area contributed by atoms with Crippen molar-refractivity contribution in [2.24, 2.45) is 0 Å². The molecule has 0 spiro atoms. The number of ketones is 1. The van der Waals surface area contributed by atoms with Crippen LogP contribution in [0.1, 0.15) is 27.2 Å². The largest absolute Gasteiger partial charge is 0.396 e. The molecule has 0 radical (unpaired) electrons. The summed E-state index contributed by atoms with van der Waals surface area (Å²) in [6.45, 7) is 0. The highest BCUT2D eigenvalue weighted by atomic mass is 32.1. The highest BCUT2D eigenvalue weighted by molar-refractivity contribution is 7.19. The van der Waals surface area contributed by atoms with E-state index in [1.165, 1.54) is 0 Å². The van der Waals surface area contributed by atoms with Crippen molar-refractivity contribution in [1.29, 1.82) is 10.5 Å². The normalized spacial score (nSPS) is 9.55. The molecule has 0 aliphatic rings. The second-order valence-electron chi connectivity index (χ2n) is 4.24. The molecule has 0 atom stereocenters. The number of carbonyl (C=O) groups excluding carboxylic acids is 2. The van der Waals surface area contributed by atoms with E-state index in [1.807, 2.05) is 6.07 Å². The fourth-order valence-electron chi connectivity index (χ4n) is 1.77. The predicted molar refractivity (Wildman–Crippen MR) is 82.2 cm³/mol. The van der Waals surface area contributed by atoms with Gasteiger partial charge in [0, 0.05) is 5.56 Å². The maximum absolute atomic E-state index is 12.4. The van der Waals surface area contributed by atoms with Gasteiger partial charge in [-0.2, -0.15) is 10.5 Å². The van der Waals surface area contributed by atoms with Gasteiger partial charge in [0.05, 0.1) is 11.8 Å². The van der Waals surface area contributed by atoms with Gasteiger partial charge in [-0.05, 0) is 0 Å². The highest BCUT2D eigenvalue weighted by Crippen LogP contribution is 2.36. The molecule has 1 aromatic carbocycles. The fraction of sp³-hybridized carbons (Fsp3) is 0.0667. The number of benzene rings is 1. The van der Waals surface area contributed by atoms with Crippen LogP contribution in [0.5, 0.6) is 0 Å². The number of nitrogens with two attached hydrogens (primary N) is 1. The molecule has 0 fully saturated rings. The van der Waals surface area contributed by atoms with Gasteiger partial charge in [0.1, 0.15) is 27.9 Å². The van der Waals surface area contributed by atoms with Crippen molar-refractivity contribution in [3.05, 3.63) is 46.3 Å². The molecule has 0 bridgehead atoms. The zero-order valence-corrected chi connectivity index (χ0v) is 12.1. The molecule has 1 amide bonds. The Labute approximate surface area is 130 Å². The number of amides is 1. The predicted octanol–water partition coefficient (Wildman–Crippen LogP) is 2.29. The van der Waals surface area contributed by atoms with E-state index in [4.69, 9.17) is 16.3 Å². The van der Waals surface area contributed by atoms with Crippen molar-refractivity contribution in [2.75, 3.05) is 11.1 Å². The van der Waals surface area contributed by atoms with Gasteiger partial charge >= 0.3 is 0 Å². The minimum Gasteiger partial charge on any atom is -0.396 e. The molecule has 2 rings (SSSR count). The lowest BCUT2D eigenvalue weighted by Gasteiger charge is -1.98. The van der Waals surface area contributed by atoms with Gasteiger partial charge in [0.15, 0.2) is 0 Å². The molecule has 0 aliphatic carbocycles. The van der Waals surface area contributed by atoms with Crippen molar-refractivity contribution in [3.8, 4) is 12.1 Å². The van der Waals surface area contributed by atoms with E-state index >= 15 is 0 Å². The monoisotopic (exact) mass is 310 g/mol. The number of nitrogen functional groups attached to an aromatic ring is 1. The first-order chi connectivity index (χ1) is 10.6. The zero-order valence-electron chi connectivity index (χ0n) is 11.3. The van der Waals surface area contributed by atoms with E-state index in [1.54, 1.807) is 36.4 Å². The minimum absolute atomic E-state index is 0.0358. The number of thiophene rings is 1. The SMILES string of the molecule is N#CCC(=O)Nc1sc(C(=O)c2ccccc2)c(N)c1C#N. The summed E-state index contributed by atoms with van der Waals surface area (Å²) < 4.78 is 0. The summed E-state index contributed by atoms with van der Waals surface area (Å²) in [6.07, 6.45) is -0.343. The van der Waals surface area contributed by atoms with Crippen molar-refractivity contribution >= 4 is 33.7 Å². The van der Waals surface area contributed by atoms with E-state index in [2.05, 4.69) is 5.32 Å². The quantitative estimate of drug-likeness (QED) is 0.839. The zero-order chi connectivity index (χ0) is 16.1. The number of rotatable bonds is 4. The number of nitriles is 2. The van der Waals surface area contributed by atoms with Crippen LogP contribution in [0.15, 0.2) is 30.3 Å². The van der Waals surface area contributed by atoms with Gasteiger partial charge in [-0.25, -0.2) is 0 Å². The summed E-state index contributed by atoms with van der Waals surface area (Å²) in [5.74, 6) is -0.876. The molecule has 7 heteroatoms. The molecule has 2 aromatic rings. The first kappa shape index (κ1) is 15.2. The molecular formula is C15H10N4O2S. The Morgan fingerprint density at radius 2 is 1.91 bits per heavy atom. The van der Waals surface area contributed by atoms with E-state index in [0.29, 0.717) is 5.56 Å². The number of hydrogen-bond donors (Lipinski definition) is 2. The second-order valence-corrected chi connectivity index (χ2v) is 5.26. The van der Waals surface area contributed by atoms with Crippen LogP contribution >= 0.6 is 11.3 Å². The van der Waals surface area contributed by atoms with Crippen molar-refractivity contribution < 1.29 is 9.59 Å². The second kappa shape index (κ2) is 6.53. The third-order valence-electron chi connectivity index (χ3n) is 2.79. The first-order valence-electron chi connectivity index (χ1n) is 6.17. The Kier molecular flexibility index (Phi) is 4.52.